The lowest BCUT2D eigenvalue weighted by atomic mass is 10.1. The van der Waals surface area contributed by atoms with E-state index in [1.165, 1.54) is 5.56 Å². The standard InChI is InChI=1S/C14H13N3O/c1-18-13-7-6-11(8-16-13)17-9-10-4-2-3-5-12(10)14(17)15/h2-8,15H,9H2,1H3. The lowest BCUT2D eigenvalue weighted by molar-refractivity contribution is 0.398. The minimum absolute atomic E-state index is 0.526. The van der Waals surface area contributed by atoms with E-state index in [-0.39, 0.29) is 0 Å². The van der Waals surface area contributed by atoms with Gasteiger partial charge in [0.2, 0.25) is 5.88 Å². The Morgan fingerprint density at radius 2 is 2.06 bits per heavy atom. The summed E-state index contributed by atoms with van der Waals surface area (Å²) in [6.07, 6.45) is 1.74. The molecule has 1 N–H and O–H groups in total. The molecule has 2 aromatic rings. The first-order chi connectivity index (χ1) is 8.79. The molecule has 1 aliphatic rings. The van der Waals surface area contributed by atoms with Gasteiger partial charge in [-0.15, -0.1) is 0 Å². The van der Waals surface area contributed by atoms with Gasteiger partial charge in [-0.25, -0.2) is 4.98 Å². The molecule has 4 heteroatoms. The number of hydrogen-bond donors (Lipinski definition) is 1. The molecular formula is C14H13N3O. The molecule has 1 aliphatic heterocycles. The van der Waals surface area contributed by atoms with Crippen molar-refractivity contribution in [1.82, 2.24) is 4.98 Å². The van der Waals surface area contributed by atoms with Crippen molar-refractivity contribution >= 4 is 11.5 Å². The normalized spacial score (nSPS) is 13.6. The second-order valence-electron chi connectivity index (χ2n) is 4.15. The summed E-state index contributed by atoms with van der Waals surface area (Å²) in [7, 11) is 1.59. The molecule has 0 atom stereocenters. The fourth-order valence-electron chi connectivity index (χ4n) is 2.16. The minimum atomic E-state index is 0.526. The lowest BCUT2D eigenvalue weighted by Gasteiger charge is -2.17. The molecule has 0 unspecified atom stereocenters. The van der Waals surface area contributed by atoms with Crippen LogP contribution in [0.25, 0.3) is 0 Å². The van der Waals surface area contributed by atoms with Crippen molar-refractivity contribution < 1.29 is 4.74 Å². The number of rotatable bonds is 2. The van der Waals surface area contributed by atoms with E-state index in [1.54, 1.807) is 13.3 Å². The summed E-state index contributed by atoms with van der Waals surface area (Å²) in [6.45, 7) is 0.725. The van der Waals surface area contributed by atoms with Crippen LogP contribution >= 0.6 is 0 Å². The third kappa shape index (κ3) is 1.62. The summed E-state index contributed by atoms with van der Waals surface area (Å²) >= 11 is 0. The maximum absolute atomic E-state index is 8.19. The fraction of sp³-hybridized carbons (Fsp3) is 0.143. The van der Waals surface area contributed by atoms with Gasteiger partial charge in [0.05, 0.1) is 25.5 Å². The van der Waals surface area contributed by atoms with Crippen molar-refractivity contribution in [3.05, 3.63) is 53.7 Å². The molecule has 0 spiro atoms. The van der Waals surface area contributed by atoms with Gasteiger partial charge in [-0.05, 0) is 11.6 Å². The molecule has 1 aromatic carbocycles. The molecule has 1 aromatic heterocycles. The third-order valence-electron chi connectivity index (χ3n) is 3.11. The molecule has 0 saturated heterocycles. The number of amidine groups is 1. The Bertz CT molecular complexity index is 592. The van der Waals surface area contributed by atoms with Crippen LogP contribution in [0.1, 0.15) is 11.1 Å². The second-order valence-corrected chi connectivity index (χ2v) is 4.15. The van der Waals surface area contributed by atoms with Gasteiger partial charge in [0.1, 0.15) is 5.84 Å². The fourth-order valence-corrected chi connectivity index (χ4v) is 2.16. The minimum Gasteiger partial charge on any atom is -0.481 e. The highest BCUT2D eigenvalue weighted by Crippen LogP contribution is 2.28. The molecule has 0 saturated carbocycles. The number of nitrogens with one attached hydrogen (secondary N) is 1. The van der Waals surface area contributed by atoms with Crippen LogP contribution in [-0.4, -0.2) is 17.9 Å². The van der Waals surface area contributed by atoms with Crippen LogP contribution in [0.3, 0.4) is 0 Å². The zero-order valence-corrected chi connectivity index (χ0v) is 10.1. The van der Waals surface area contributed by atoms with Crippen LogP contribution in [0.2, 0.25) is 0 Å². The molecule has 0 aliphatic carbocycles. The van der Waals surface area contributed by atoms with Crippen molar-refractivity contribution in [2.24, 2.45) is 0 Å². The van der Waals surface area contributed by atoms with Gasteiger partial charge in [0.15, 0.2) is 0 Å². The first-order valence-electron chi connectivity index (χ1n) is 5.74. The Morgan fingerprint density at radius 1 is 1.22 bits per heavy atom. The molecule has 90 valence electrons. The molecule has 2 heterocycles. The quantitative estimate of drug-likeness (QED) is 0.875. The van der Waals surface area contributed by atoms with Crippen molar-refractivity contribution in [2.75, 3.05) is 12.0 Å². The first-order valence-corrected chi connectivity index (χ1v) is 5.74. The van der Waals surface area contributed by atoms with Crippen LogP contribution in [0.4, 0.5) is 5.69 Å². The van der Waals surface area contributed by atoms with Gasteiger partial charge in [0.25, 0.3) is 0 Å². The number of benzene rings is 1. The smallest absolute Gasteiger partial charge is 0.213 e. The number of aromatic nitrogens is 1. The summed E-state index contributed by atoms with van der Waals surface area (Å²) in [5, 5.41) is 8.19. The van der Waals surface area contributed by atoms with Crippen LogP contribution in [0, 0.1) is 5.41 Å². The van der Waals surface area contributed by atoms with Crippen molar-refractivity contribution in [1.29, 1.82) is 5.41 Å². The maximum Gasteiger partial charge on any atom is 0.213 e. The maximum atomic E-state index is 8.19. The van der Waals surface area contributed by atoms with E-state index in [4.69, 9.17) is 10.1 Å². The third-order valence-corrected chi connectivity index (χ3v) is 3.11. The molecule has 4 nitrogen and oxygen atoms in total. The topological polar surface area (TPSA) is 49.2 Å². The number of hydrogen-bond acceptors (Lipinski definition) is 3. The van der Waals surface area contributed by atoms with Crippen molar-refractivity contribution in [3.8, 4) is 5.88 Å². The van der Waals surface area contributed by atoms with Crippen LogP contribution in [0.5, 0.6) is 5.88 Å². The number of nitrogens with zero attached hydrogens (tertiary/aromatic N) is 2. The second kappa shape index (κ2) is 4.14. The molecule has 0 amide bonds. The SMILES string of the molecule is COc1ccc(N2Cc3ccccc3C2=N)cn1. The molecule has 3 rings (SSSR count). The van der Waals surface area contributed by atoms with E-state index in [9.17, 15) is 0 Å². The van der Waals surface area contributed by atoms with E-state index >= 15 is 0 Å². The van der Waals surface area contributed by atoms with Gasteiger partial charge in [-0.2, -0.15) is 0 Å². The summed E-state index contributed by atoms with van der Waals surface area (Å²) in [5.74, 6) is 1.11. The van der Waals surface area contributed by atoms with E-state index in [0.717, 1.165) is 17.8 Å². The molecule has 0 bridgehead atoms. The van der Waals surface area contributed by atoms with Crippen molar-refractivity contribution in [3.63, 3.8) is 0 Å². The lowest BCUT2D eigenvalue weighted by Crippen LogP contribution is -2.23. The summed E-state index contributed by atoms with van der Waals surface area (Å²) in [5.41, 5.74) is 3.09. The summed E-state index contributed by atoms with van der Waals surface area (Å²) < 4.78 is 5.04. The highest BCUT2D eigenvalue weighted by molar-refractivity contribution is 6.11. The number of pyridine rings is 1. The average molecular weight is 239 g/mol. The van der Waals surface area contributed by atoms with Gasteiger partial charge in [-0.3, -0.25) is 5.41 Å². The monoisotopic (exact) mass is 239 g/mol. The Balaban J connectivity index is 1.93. The molecule has 0 radical (unpaired) electrons. The van der Waals surface area contributed by atoms with Crippen LogP contribution in [0.15, 0.2) is 42.6 Å². The van der Waals surface area contributed by atoms with Gasteiger partial charge < -0.3 is 9.64 Å². The highest BCUT2D eigenvalue weighted by atomic mass is 16.5. The van der Waals surface area contributed by atoms with E-state index in [1.807, 2.05) is 35.2 Å². The van der Waals surface area contributed by atoms with Gasteiger partial charge in [0, 0.05) is 11.6 Å². The number of fused-ring (bicyclic) bond motifs is 1. The van der Waals surface area contributed by atoms with Crippen LogP contribution in [-0.2, 0) is 6.54 Å². The zero-order chi connectivity index (χ0) is 12.5. The van der Waals surface area contributed by atoms with E-state index in [2.05, 4.69) is 11.1 Å². The predicted molar refractivity (Wildman–Crippen MR) is 70.2 cm³/mol. The van der Waals surface area contributed by atoms with Crippen molar-refractivity contribution in [2.45, 2.75) is 6.54 Å². The van der Waals surface area contributed by atoms with Gasteiger partial charge in [-0.1, -0.05) is 24.3 Å². The Kier molecular flexibility index (Phi) is 2.48. The average Bonchev–Trinajstić information content (AvgIpc) is 2.77. The predicted octanol–water partition coefficient (Wildman–Crippen LogP) is 2.44. The number of anilines is 1. The van der Waals surface area contributed by atoms with E-state index in [0.29, 0.717) is 11.7 Å². The highest BCUT2D eigenvalue weighted by Gasteiger charge is 2.24. The summed E-state index contributed by atoms with van der Waals surface area (Å²) in [6, 6.07) is 11.7. The molecular weight excluding hydrogens is 226 g/mol. The number of ether oxygens (including phenoxy) is 1. The molecule has 18 heavy (non-hydrogen) atoms. The molecule has 0 fully saturated rings. The Hall–Kier alpha value is -2.36. The van der Waals surface area contributed by atoms with E-state index < -0.39 is 0 Å². The van der Waals surface area contributed by atoms with Crippen LogP contribution < -0.4 is 9.64 Å². The number of methoxy groups -OCH3 is 1. The zero-order valence-electron chi connectivity index (χ0n) is 10.1. The summed E-state index contributed by atoms with van der Waals surface area (Å²) in [4.78, 5) is 6.12. The Morgan fingerprint density at radius 3 is 2.72 bits per heavy atom. The Labute approximate surface area is 105 Å². The first kappa shape index (κ1) is 10.8. The largest absolute Gasteiger partial charge is 0.481 e. The van der Waals surface area contributed by atoms with Gasteiger partial charge >= 0.3 is 0 Å².